The second-order valence-electron chi connectivity index (χ2n) is 11.4. The number of hydrogen-bond donors (Lipinski definition) is 1. The van der Waals surface area contributed by atoms with E-state index >= 15 is 0 Å². The quantitative estimate of drug-likeness (QED) is 0.252. The molecule has 1 aliphatic carbocycles. The molecule has 1 saturated carbocycles. The van der Waals surface area contributed by atoms with E-state index in [4.69, 9.17) is 10.5 Å². The van der Waals surface area contributed by atoms with Crippen LogP contribution in [0.25, 0.3) is 30.3 Å². The standard InChI is InChI=1S/C30H31N7O4S3/c1-16-32-12-19(13-33-16)30-34-29-27(44-30)26(28(31)40)35-37(29)14-25(39)36-6-2-7-41-15-20(36)21(38)10-17-3-4-18(9-17)23-11-24-22(43-23)5-8-42-24/h5,8,11-13,17-18,20H,2-4,6-7,9-10,14-15H2,1H3,(H2,31,40)/t17?,18?,20-/m0/s1. The highest BCUT2D eigenvalue weighted by Crippen LogP contribution is 2.45. The van der Waals surface area contributed by atoms with Crippen molar-refractivity contribution in [3.63, 3.8) is 0 Å². The summed E-state index contributed by atoms with van der Waals surface area (Å²) in [4.78, 5) is 56.0. The number of ether oxygens (including phenoxy) is 1. The van der Waals surface area contributed by atoms with Gasteiger partial charge < -0.3 is 15.4 Å². The maximum atomic E-state index is 13.8. The van der Waals surface area contributed by atoms with Crippen LogP contribution in [0.5, 0.6) is 0 Å². The molecule has 7 rings (SSSR count). The Hall–Kier alpha value is -3.59. The predicted molar refractivity (Wildman–Crippen MR) is 170 cm³/mol. The molecule has 0 bridgehead atoms. The molecule has 5 aromatic heterocycles. The average molecular weight is 650 g/mol. The molecular weight excluding hydrogens is 619 g/mol. The fourth-order valence-corrected chi connectivity index (χ4v) is 9.54. The summed E-state index contributed by atoms with van der Waals surface area (Å²) in [5, 5.41) is 7.08. The van der Waals surface area contributed by atoms with Crippen LogP contribution in [0.1, 0.15) is 59.2 Å². The second-order valence-corrected chi connectivity index (χ2v) is 14.5. The van der Waals surface area contributed by atoms with Gasteiger partial charge in [0, 0.05) is 51.8 Å². The van der Waals surface area contributed by atoms with Crippen molar-refractivity contribution in [2.75, 3.05) is 19.8 Å². The van der Waals surface area contributed by atoms with Gasteiger partial charge in [-0.15, -0.1) is 34.0 Å². The Labute approximate surface area is 265 Å². The number of Topliss-reactive ketones (excluding diaryl/α,β-unsaturated/α-hetero) is 1. The summed E-state index contributed by atoms with van der Waals surface area (Å²) in [6.07, 6.45) is 7.46. The van der Waals surface area contributed by atoms with Crippen LogP contribution < -0.4 is 5.73 Å². The summed E-state index contributed by atoms with van der Waals surface area (Å²) in [6, 6.07) is 3.83. The van der Waals surface area contributed by atoms with Gasteiger partial charge in [-0.05, 0) is 62.0 Å². The SMILES string of the molecule is Cc1ncc(-c2nc3c(s2)c(C(N)=O)nn3CC(=O)N2CCCOC[C@H]2C(=O)CC2CCC(c3cc4sccc4s3)C2)cn1. The predicted octanol–water partition coefficient (Wildman–Crippen LogP) is 4.79. The first-order valence-corrected chi connectivity index (χ1v) is 17.2. The Morgan fingerprint density at radius 1 is 1.14 bits per heavy atom. The normalized spacial score (nSPS) is 20.8. The van der Waals surface area contributed by atoms with E-state index in [1.165, 1.54) is 30.3 Å². The number of aryl methyl sites for hydroxylation is 1. The minimum absolute atomic E-state index is 0.0387. The van der Waals surface area contributed by atoms with Gasteiger partial charge in [0.05, 0.1) is 6.61 Å². The Morgan fingerprint density at radius 3 is 2.77 bits per heavy atom. The van der Waals surface area contributed by atoms with E-state index < -0.39 is 11.9 Å². The van der Waals surface area contributed by atoms with Crippen molar-refractivity contribution in [2.45, 2.75) is 57.5 Å². The summed E-state index contributed by atoms with van der Waals surface area (Å²) in [6.45, 7) is 2.69. The van der Waals surface area contributed by atoms with Gasteiger partial charge in [-0.3, -0.25) is 14.4 Å². The zero-order valence-corrected chi connectivity index (χ0v) is 26.6. The Balaban J connectivity index is 1.07. The molecule has 6 heterocycles. The van der Waals surface area contributed by atoms with E-state index in [2.05, 4.69) is 37.6 Å². The first-order valence-electron chi connectivity index (χ1n) is 14.7. The molecule has 5 aromatic rings. The van der Waals surface area contributed by atoms with Gasteiger partial charge in [0.25, 0.3) is 5.91 Å². The smallest absolute Gasteiger partial charge is 0.270 e. The highest BCUT2D eigenvalue weighted by molar-refractivity contribution is 7.27. The average Bonchev–Trinajstić information content (AvgIpc) is 3.80. The number of ketones is 1. The van der Waals surface area contributed by atoms with Crippen LogP contribution in [0.15, 0.2) is 29.9 Å². The van der Waals surface area contributed by atoms with E-state index in [9.17, 15) is 14.4 Å². The van der Waals surface area contributed by atoms with Gasteiger partial charge in [0.1, 0.15) is 28.1 Å². The maximum absolute atomic E-state index is 13.8. The third kappa shape index (κ3) is 5.67. The number of thiazole rings is 1. The Bertz CT molecular complexity index is 1830. The Kier molecular flexibility index (Phi) is 7.99. The monoisotopic (exact) mass is 649 g/mol. The van der Waals surface area contributed by atoms with E-state index in [0.717, 1.165) is 19.3 Å². The van der Waals surface area contributed by atoms with Crippen molar-refractivity contribution in [1.82, 2.24) is 29.6 Å². The number of amides is 2. The fourth-order valence-electron chi connectivity index (χ4n) is 6.24. The molecular formula is C30H31N7O4S3. The third-order valence-electron chi connectivity index (χ3n) is 8.46. The molecule has 2 amide bonds. The molecule has 1 aliphatic heterocycles. The van der Waals surface area contributed by atoms with Crippen molar-refractivity contribution in [1.29, 1.82) is 0 Å². The number of thiophene rings is 2. The van der Waals surface area contributed by atoms with Gasteiger partial charge >= 0.3 is 0 Å². The fraction of sp³-hybridized carbons (Fsp3) is 0.433. The zero-order chi connectivity index (χ0) is 30.4. The van der Waals surface area contributed by atoms with Gasteiger partial charge in [-0.2, -0.15) is 5.10 Å². The molecule has 14 heteroatoms. The largest absolute Gasteiger partial charge is 0.379 e. The van der Waals surface area contributed by atoms with Crippen LogP contribution in [-0.4, -0.2) is 73.0 Å². The minimum Gasteiger partial charge on any atom is -0.379 e. The molecule has 2 unspecified atom stereocenters. The molecule has 0 radical (unpaired) electrons. The first kappa shape index (κ1) is 29.1. The van der Waals surface area contributed by atoms with Gasteiger partial charge in [-0.1, -0.05) is 0 Å². The van der Waals surface area contributed by atoms with E-state index in [1.54, 1.807) is 35.6 Å². The molecule has 1 saturated heterocycles. The molecule has 2 fully saturated rings. The number of rotatable bonds is 8. The first-order chi connectivity index (χ1) is 21.3. The van der Waals surface area contributed by atoms with Crippen LogP contribution >= 0.6 is 34.0 Å². The summed E-state index contributed by atoms with van der Waals surface area (Å²) in [5.74, 6) is 0.463. The number of hydrogen-bond acceptors (Lipinski definition) is 11. The lowest BCUT2D eigenvalue weighted by Crippen LogP contribution is -2.48. The Morgan fingerprint density at radius 2 is 1.98 bits per heavy atom. The number of nitrogens with two attached hydrogens (primary N) is 1. The molecule has 0 spiro atoms. The van der Waals surface area contributed by atoms with Crippen LogP contribution in [-0.2, 0) is 20.9 Å². The topological polar surface area (TPSA) is 146 Å². The van der Waals surface area contributed by atoms with E-state index in [0.29, 0.717) is 58.7 Å². The molecule has 2 aliphatic rings. The van der Waals surface area contributed by atoms with E-state index in [-0.39, 0.29) is 36.5 Å². The van der Waals surface area contributed by atoms with Gasteiger partial charge in [0.2, 0.25) is 5.91 Å². The van der Waals surface area contributed by atoms with Crippen LogP contribution in [0.3, 0.4) is 0 Å². The third-order valence-corrected chi connectivity index (χ3v) is 11.8. The van der Waals surface area contributed by atoms with Crippen LogP contribution in [0, 0.1) is 12.8 Å². The number of aromatic nitrogens is 5. The van der Waals surface area contributed by atoms with Crippen molar-refractivity contribution in [2.24, 2.45) is 11.7 Å². The summed E-state index contributed by atoms with van der Waals surface area (Å²) in [7, 11) is 0. The number of carbonyl (C=O) groups excluding carboxylic acids is 3. The van der Waals surface area contributed by atoms with Crippen molar-refractivity contribution in [3.05, 3.63) is 46.3 Å². The van der Waals surface area contributed by atoms with Crippen molar-refractivity contribution < 1.29 is 19.1 Å². The zero-order valence-electron chi connectivity index (χ0n) is 24.1. The second kappa shape index (κ2) is 12.1. The molecule has 0 aromatic carbocycles. The van der Waals surface area contributed by atoms with Crippen LogP contribution in [0.4, 0.5) is 0 Å². The highest BCUT2D eigenvalue weighted by Gasteiger charge is 2.36. The molecule has 228 valence electrons. The molecule has 44 heavy (non-hydrogen) atoms. The number of primary amides is 1. The molecule has 2 N–H and O–H groups in total. The summed E-state index contributed by atoms with van der Waals surface area (Å²) < 4.78 is 10.4. The van der Waals surface area contributed by atoms with E-state index in [1.807, 2.05) is 11.3 Å². The molecule has 11 nitrogen and oxygen atoms in total. The summed E-state index contributed by atoms with van der Waals surface area (Å²) >= 11 is 4.89. The lowest BCUT2D eigenvalue weighted by molar-refractivity contribution is -0.141. The van der Waals surface area contributed by atoms with Crippen molar-refractivity contribution >= 4 is 71.4 Å². The maximum Gasteiger partial charge on any atom is 0.270 e. The van der Waals surface area contributed by atoms with Crippen LogP contribution in [0.2, 0.25) is 0 Å². The lowest BCUT2D eigenvalue weighted by Gasteiger charge is -2.29. The number of fused-ring (bicyclic) bond motifs is 2. The van der Waals surface area contributed by atoms with Gasteiger partial charge in [-0.25, -0.2) is 19.6 Å². The van der Waals surface area contributed by atoms with Crippen molar-refractivity contribution in [3.8, 4) is 10.6 Å². The minimum atomic E-state index is -0.704. The number of nitrogens with zero attached hydrogens (tertiary/aromatic N) is 6. The molecule has 3 atom stereocenters. The summed E-state index contributed by atoms with van der Waals surface area (Å²) in [5.41, 5.74) is 6.76. The van der Waals surface area contributed by atoms with Gasteiger partial charge in [0.15, 0.2) is 17.1 Å². The highest BCUT2D eigenvalue weighted by atomic mass is 32.1. The number of carbonyl (C=O) groups is 3. The lowest BCUT2D eigenvalue weighted by atomic mass is 9.95.